The van der Waals surface area contributed by atoms with E-state index in [0.29, 0.717) is 11.9 Å². The van der Waals surface area contributed by atoms with Crippen molar-refractivity contribution in [2.24, 2.45) is 0 Å². The Morgan fingerprint density at radius 3 is 2.68 bits per heavy atom. The molecule has 5 rings (SSSR count). The number of rotatable bonds is 6. The van der Waals surface area contributed by atoms with Gasteiger partial charge in [0.05, 0.1) is 24.2 Å². The summed E-state index contributed by atoms with van der Waals surface area (Å²) in [6.45, 7) is 7.17. The second-order valence-corrected chi connectivity index (χ2v) is 8.90. The Labute approximate surface area is 185 Å². The van der Waals surface area contributed by atoms with Gasteiger partial charge in [-0.05, 0) is 24.6 Å². The predicted octanol–water partition coefficient (Wildman–Crippen LogP) is 4.25. The number of fused-ring (bicyclic) bond motifs is 3. The molecule has 31 heavy (non-hydrogen) atoms. The summed E-state index contributed by atoms with van der Waals surface area (Å²) in [7, 11) is 0. The van der Waals surface area contributed by atoms with Crippen LogP contribution in [0.3, 0.4) is 0 Å². The summed E-state index contributed by atoms with van der Waals surface area (Å²) < 4.78 is 7.04. The number of aromatic nitrogens is 2. The van der Waals surface area contributed by atoms with Gasteiger partial charge in [0.15, 0.2) is 0 Å². The average molecular weight is 435 g/mol. The maximum Gasteiger partial charge on any atom is 0.260 e. The first-order chi connectivity index (χ1) is 15.2. The largest absolute Gasteiger partial charge is 0.491 e. The Morgan fingerprint density at radius 1 is 1.06 bits per heavy atom. The number of para-hydroxylation sites is 2. The maximum atomic E-state index is 12.7. The van der Waals surface area contributed by atoms with Crippen molar-refractivity contribution in [2.75, 3.05) is 37.7 Å². The van der Waals surface area contributed by atoms with Crippen molar-refractivity contribution >= 4 is 37.3 Å². The molecule has 0 amide bonds. The average Bonchev–Trinajstić information content (AvgIpc) is 3.17. The summed E-state index contributed by atoms with van der Waals surface area (Å²) in [5.74, 6) is 1.70. The SMILES string of the molecule is CCCOc1ccccc1N1CCN(Cc2nc3sc4ccccc4c3c(=O)[nH]2)CC1. The van der Waals surface area contributed by atoms with Crippen LogP contribution in [0.25, 0.3) is 20.3 Å². The first-order valence-electron chi connectivity index (χ1n) is 10.8. The predicted molar refractivity (Wildman–Crippen MR) is 127 cm³/mol. The van der Waals surface area contributed by atoms with Crippen molar-refractivity contribution in [1.29, 1.82) is 0 Å². The highest BCUT2D eigenvalue weighted by Gasteiger charge is 2.21. The minimum atomic E-state index is -0.0434. The van der Waals surface area contributed by atoms with Gasteiger partial charge < -0.3 is 14.6 Å². The number of nitrogens with one attached hydrogen (secondary N) is 1. The molecule has 7 heteroatoms. The minimum absolute atomic E-state index is 0.0434. The zero-order valence-corrected chi connectivity index (χ0v) is 18.5. The van der Waals surface area contributed by atoms with Gasteiger partial charge in [-0.1, -0.05) is 37.3 Å². The van der Waals surface area contributed by atoms with Crippen molar-refractivity contribution in [2.45, 2.75) is 19.9 Å². The summed E-state index contributed by atoms with van der Waals surface area (Å²) in [6.07, 6.45) is 0.997. The van der Waals surface area contributed by atoms with E-state index in [1.54, 1.807) is 11.3 Å². The molecule has 1 fully saturated rings. The lowest BCUT2D eigenvalue weighted by atomic mass is 10.2. The number of ether oxygens (including phenoxy) is 1. The van der Waals surface area contributed by atoms with Gasteiger partial charge in [-0.15, -0.1) is 11.3 Å². The van der Waals surface area contributed by atoms with Crippen molar-refractivity contribution in [3.05, 3.63) is 64.7 Å². The molecule has 2 aromatic heterocycles. The Kier molecular flexibility index (Phi) is 5.61. The molecule has 0 bridgehead atoms. The lowest BCUT2D eigenvalue weighted by molar-refractivity contribution is 0.242. The molecule has 1 aliphatic rings. The van der Waals surface area contributed by atoms with Gasteiger partial charge >= 0.3 is 0 Å². The molecule has 1 aliphatic heterocycles. The molecule has 6 nitrogen and oxygen atoms in total. The van der Waals surface area contributed by atoms with Crippen LogP contribution in [0.1, 0.15) is 19.2 Å². The second-order valence-electron chi connectivity index (χ2n) is 7.87. The number of anilines is 1. The lowest BCUT2D eigenvalue weighted by Gasteiger charge is -2.36. The monoisotopic (exact) mass is 434 g/mol. The highest BCUT2D eigenvalue weighted by atomic mass is 32.1. The van der Waals surface area contributed by atoms with E-state index in [0.717, 1.165) is 71.4 Å². The van der Waals surface area contributed by atoms with Crippen LogP contribution in [-0.4, -0.2) is 47.7 Å². The van der Waals surface area contributed by atoms with Crippen molar-refractivity contribution < 1.29 is 4.74 Å². The molecule has 4 aromatic rings. The highest BCUT2D eigenvalue weighted by Crippen LogP contribution is 2.31. The van der Waals surface area contributed by atoms with Gasteiger partial charge in [0, 0.05) is 36.3 Å². The van der Waals surface area contributed by atoms with Gasteiger partial charge in [-0.25, -0.2) is 4.98 Å². The molecular formula is C24H26N4O2S. The Morgan fingerprint density at radius 2 is 1.84 bits per heavy atom. The summed E-state index contributed by atoms with van der Waals surface area (Å²) in [5, 5.41) is 1.69. The van der Waals surface area contributed by atoms with Crippen LogP contribution in [0.2, 0.25) is 0 Å². The summed E-state index contributed by atoms with van der Waals surface area (Å²) in [5.41, 5.74) is 1.12. The van der Waals surface area contributed by atoms with E-state index in [1.165, 1.54) is 0 Å². The van der Waals surface area contributed by atoms with E-state index in [4.69, 9.17) is 9.72 Å². The molecule has 160 valence electrons. The maximum absolute atomic E-state index is 12.7. The smallest absolute Gasteiger partial charge is 0.260 e. The Hall–Kier alpha value is -2.90. The third kappa shape index (κ3) is 4.03. The zero-order valence-electron chi connectivity index (χ0n) is 17.6. The van der Waals surface area contributed by atoms with Crippen LogP contribution in [0.4, 0.5) is 5.69 Å². The lowest BCUT2D eigenvalue weighted by Crippen LogP contribution is -2.46. The van der Waals surface area contributed by atoms with E-state index in [1.807, 2.05) is 36.4 Å². The number of hydrogen-bond donors (Lipinski definition) is 1. The Bertz CT molecular complexity index is 1260. The van der Waals surface area contributed by atoms with E-state index < -0.39 is 0 Å². The quantitative estimate of drug-likeness (QED) is 0.492. The minimum Gasteiger partial charge on any atom is -0.491 e. The van der Waals surface area contributed by atoms with Crippen molar-refractivity contribution in [3.8, 4) is 5.75 Å². The van der Waals surface area contributed by atoms with E-state index >= 15 is 0 Å². The van der Waals surface area contributed by atoms with Crippen LogP contribution >= 0.6 is 11.3 Å². The number of H-pyrrole nitrogens is 1. The van der Waals surface area contributed by atoms with Gasteiger partial charge in [0.1, 0.15) is 16.4 Å². The van der Waals surface area contributed by atoms with Gasteiger partial charge in [0.2, 0.25) is 0 Å². The fourth-order valence-electron chi connectivity index (χ4n) is 4.16. The number of piperazine rings is 1. The molecule has 0 unspecified atom stereocenters. The molecule has 0 atom stereocenters. The Balaban J connectivity index is 1.29. The van der Waals surface area contributed by atoms with Crippen LogP contribution in [0, 0.1) is 0 Å². The number of aromatic amines is 1. The van der Waals surface area contributed by atoms with E-state index in [2.05, 4.69) is 33.8 Å². The first kappa shape index (κ1) is 20.0. The van der Waals surface area contributed by atoms with Crippen molar-refractivity contribution in [1.82, 2.24) is 14.9 Å². The second kappa shape index (κ2) is 8.69. The van der Waals surface area contributed by atoms with Crippen LogP contribution < -0.4 is 15.2 Å². The first-order valence-corrected chi connectivity index (χ1v) is 11.6. The topological polar surface area (TPSA) is 61.5 Å². The number of thiophene rings is 1. The van der Waals surface area contributed by atoms with Crippen LogP contribution in [-0.2, 0) is 6.54 Å². The standard InChI is InChI=1S/C24H26N4O2S/c1-2-15-30-19-9-5-4-8-18(19)28-13-11-27(12-14-28)16-21-25-23(29)22-17-7-3-6-10-20(17)31-24(22)26-21/h3-10H,2,11-16H2,1H3,(H,25,26,29). The number of hydrogen-bond acceptors (Lipinski definition) is 6. The molecule has 2 aromatic carbocycles. The van der Waals surface area contributed by atoms with E-state index in [9.17, 15) is 4.79 Å². The third-order valence-electron chi connectivity index (χ3n) is 5.71. The van der Waals surface area contributed by atoms with Gasteiger partial charge in [-0.2, -0.15) is 0 Å². The fourth-order valence-corrected chi connectivity index (χ4v) is 5.26. The zero-order chi connectivity index (χ0) is 21.2. The molecule has 3 heterocycles. The van der Waals surface area contributed by atoms with E-state index in [-0.39, 0.29) is 5.56 Å². The van der Waals surface area contributed by atoms with Crippen molar-refractivity contribution in [3.63, 3.8) is 0 Å². The molecule has 0 spiro atoms. The third-order valence-corrected chi connectivity index (χ3v) is 6.78. The number of benzene rings is 2. The number of nitrogens with zero attached hydrogens (tertiary/aromatic N) is 3. The summed E-state index contributed by atoms with van der Waals surface area (Å²) in [6, 6.07) is 16.3. The van der Waals surface area contributed by atoms with Crippen LogP contribution in [0.15, 0.2) is 53.3 Å². The van der Waals surface area contributed by atoms with Crippen LogP contribution in [0.5, 0.6) is 5.75 Å². The summed E-state index contributed by atoms with van der Waals surface area (Å²) >= 11 is 1.59. The molecular weight excluding hydrogens is 408 g/mol. The summed E-state index contributed by atoms with van der Waals surface area (Å²) in [4.78, 5) is 26.1. The fraction of sp³-hybridized carbons (Fsp3) is 0.333. The molecule has 0 aliphatic carbocycles. The molecule has 0 saturated carbocycles. The molecule has 0 radical (unpaired) electrons. The normalized spacial score (nSPS) is 15.1. The van der Waals surface area contributed by atoms with Gasteiger partial charge in [0.25, 0.3) is 5.56 Å². The molecule has 1 N–H and O–H groups in total. The van der Waals surface area contributed by atoms with Gasteiger partial charge in [-0.3, -0.25) is 9.69 Å². The highest BCUT2D eigenvalue weighted by molar-refractivity contribution is 7.25. The molecule has 1 saturated heterocycles.